The minimum atomic E-state index is -4.92. The second-order valence-corrected chi connectivity index (χ2v) is 20.8. The highest BCUT2D eigenvalue weighted by Crippen LogP contribution is 2.43. The highest BCUT2D eigenvalue weighted by atomic mass is 32.2. The van der Waals surface area contributed by atoms with Crippen molar-refractivity contribution in [1.29, 1.82) is 0 Å². The van der Waals surface area contributed by atoms with E-state index in [2.05, 4.69) is 10.1 Å². The SMILES string of the molecule is CC(CO[Si](C)(C)C(C)(C)C)(CC1CN(S(=O)(=O)c2cccc(C(F)(F)F)c2)c2cc(NC(=O)OC(C)(C)C(F)(F)F)ccc2O1)C(=O)O. The van der Waals surface area contributed by atoms with Gasteiger partial charge in [0.25, 0.3) is 10.0 Å². The summed E-state index contributed by atoms with van der Waals surface area (Å²) in [6.45, 7) is 11.6. The van der Waals surface area contributed by atoms with Crippen LogP contribution < -0.4 is 14.4 Å². The molecule has 1 aliphatic heterocycles. The Morgan fingerprint density at radius 2 is 1.61 bits per heavy atom. The van der Waals surface area contributed by atoms with E-state index >= 15 is 0 Å². The fourth-order valence-corrected chi connectivity index (χ4v) is 7.04. The Balaban J connectivity index is 2.06. The lowest BCUT2D eigenvalue weighted by molar-refractivity contribution is -0.242. The number of fused-ring (bicyclic) bond motifs is 1. The molecule has 18 heteroatoms. The summed E-state index contributed by atoms with van der Waals surface area (Å²) in [6, 6.07) is 6.38. The van der Waals surface area contributed by atoms with Crippen molar-refractivity contribution in [2.24, 2.45) is 5.41 Å². The molecule has 0 fully saturated rings. The molecule has 0 aromatic heterocycles. The van der Waals surface area contributed by atoms with Gasteiger partial charge in [-0.1, -0.05) is 26.8 Å². The summed E-state index contributed by atoms with van der Waals surface area (Å²) in [4.78, 5) is 24.2. The van der Waals surface area contributed by atoms with Gasteiger partial charge in [0.2, 0.25) is 5.60 Å². The fraction of sp³-hybridized carbons (Fsp3) is 0.548. The molecule has 49 heavy (non-hydrogen) atoms. The number of carboxylic acid groups (broad SMARTS) is 1. The van der Waals surface area contributed by atoms with Gasteiger partial charge in [-0.3, -0.25) is 14.4 Å². The molecule has 0 aliphatic carbocycles. The normalized spacial score (nSPS) is 17.4. The molecule has 0 spiro atoms. The fourth-order valence-electron chi connectivity index (χ4n) is 4.38. The summed E-state index contributed by atoms with van der Waals surface area (Å²) in [5.74, 6) is -1.41. The van der Waals surface area contributed by atoms with Crippen molar-refractivity contribution in [1.82, 2.24) is 0 Å². The molecule has 2 aromatic rings. The third-order valence-corrected chi connectivity index (χ3v) is 14.9. The molecule has 0 saturated heterocycles. The molecular weight excluding hydrogens is 702 g/mol. The van der Waals surface area contributed by atoms with Crippen molar-refractivity contribution < 1.29 is 63.4 Å². The Bertz CT molecular complexity index is 1670. The first-order chi connectivity index (χ1) is 22.0. The summed E-state index contributed by atoms with van der Waals surface area (Å²) >= 11 is 0. The third-order valence-electron chi connectivity index (χ3n) is 8.67. The number of nitrogens with one attached hydrogen (secondary N) is 1. The average Bonchev–Trinajstić information content (AvgIpc) is 2.94. The van der Waals surface area contributed by atoms with E-state index in [1.54, 1.807) is 0 Å². The number of nitrogens with zero attached hydrogens (tertiary/aromatic N) is 1. The van der Waals surface area contributed by atoms with Crippen LogP contribution in [0.4, 0.5) is 42.5 Å². The van der Waals surface area contributed by atoms with Gasteiger partial charge in [0, 0.05) is 18.7 Å². The molecular formula is C31H40F6N2O8SSi. The van der Waals surface area contributed by atoms with E-state index in [1.165, 1.54) is 19.1 Å². The van der Waals surface area contributed by atoms with E-state index in [-0.39, 0.29) is 35.2 Å². The molecule has 0 radical (unpaired) electrons. The standard InChI is InChI=1S/C31H40F6N2O8SSi/c1-27(2,3)49(7,8)45-18-29(6,25(40)41)16-21-17-39(48(43,44)22-11-9-10-19(14-22)30(32,33)34)23-15-20(12-13-24(23)46-21)38-26(42)47-28(4,5)31(35,36)37/h9-15,21H,16-18H2,1-8H3,(H,38,42)(H,40,41). The number of rotatable bonds is 10. The molecule has 1 aliphatic rings. The van der Waals surface area contributed by atoms with Crippen LogP contribution in [0.3, 0.4) is 0 Å². The average molecular weight is 743 g/mol. The number of amides is 1. The lowest BCUT2D eigenvalue weighted by Crippen LogP contribution is -2.49. The second kappa shape index (κ2) is 13.3. The van der Waals surface area contributed by atoms with Gasteiger partial charge in [-0.2, -0.15) is 26.3 Å². The van der Waals surface area contributed by atoms with E-state index in [0.717, 1.165) is 18.2 Å². The molecule has 0 saturated carbocycles. The highest BCUT2D eigenvalue weighted by molar-refractivity contribution is 7.92. The van der Waals surface area contributed by atoms with Crippen LogP contribution in [0.1, 0.15) is 53.5 Å². The number of halogens is 6. The number of benzene rings is 2. The lowest BCUT2D eigenvalue weighted by Gasteiger charge is -2.41. The summed E-state index contributed by atoms with van der Waals surface area (Å²) in [6.07, 6.45) is -12.8. The molecule has 2 aromatic carbocycles. The van der Waals surface area contributed by atoms with Gasteiger partial charge in [-0.05, 0) is 75.3 Å². The number of hydrogen-bond donors (Lipinski definition) is 2. The molecule has 274 valence electrons. The predicted molar refractivity (Wildman–Crippen MR) is 171 cm³/mol. The van der Waals surface area contributed by atoms with Gasteiger partial charge >= 0.3 is 24.4 Å². The van der Waals surface area contributed by atoms with Crippen molar-refractivity contribution in [3.05, 3.63) is 48.0 Å². The van der Waals surface area contributed by atoms with Crippen LogP contribution in [-0.4, -0.2) is 64.9 Å². The predicted octanol–water partition coefficient (Wildman–Crippen LogP) is 8.05. The topological polar surface area (TPSA) is 131 Å². The Morgan fingerprint density at radius 1 is 1.00 bits per heavy atom. The maximum Gasteiger partial charge on any atom is 0.427 e. The molecule has 10 nitrogen and oxygen atoms in total. The molecule has 3 rings (SSSR count). The lowest BCUT2D eigenvalue weighted by atomic mass is 9.85. The minimum Gasteiger partial charge on any atom is -0.486 e. The Kier molecular flexibility index (Phi) is 10.8. The quantitative estimate of drug-likeness (QED) is 0.185. The van der Waals surface area contributed by atoms with Crippen molar-refractivity contribution in [3.8, 4) is 5.75 Å². The number of aliphatic carboxylic acids is 1. The summed E-state index contributed by atoms with van der Waals surface area (Å²) < 4.78 is 126. The molecule has 1 amide bonds. The molecule has 1 heterocycles. The van der Waals surface area contributed by atoms with E-state index < -0.39 is 76.9 Å². The number of alkyl halides is 6. The number of carbonyl (C=O) groups excluding carboxylic acids is 1. The second-order valence-electron chi connectivity index (χ2n) is 14.1. The first-order valence-electron chi connectivity index (χ1n) is 14.9. The highest BCUT2D eigenvalue weighted by Gasteiger charge is 2.51. The minimum absolute atomic E-state index is 0.153. The number of anilines is 2. The summed E-state index contributed by atoms with van der Waals surface area (Å²) in [5.41, 5.74) is -6.24. The monoisotopic (exact) mass is 742 g/mol. The first-order valence-corrected chi connectivity index (χ1v) is 19.3. The van der Waals surface area contributed by atoms with E-state index in [0.29, 0.717) is 30.3 Å². The zero-order valence-electron chi connectivity index (χ0n) is 28.2. The van der Waals surface area contributed by atoms with E-state index in [1.807, 2.05) is 33.9 Å². The first kappa shape index (κ1) is 39.9. The number of ether oxygens (including phenoxy) is 2. The van der Waals surface area contributed by atoms with E-state index in [9.17, 15) is 49.5 Å². The largest absolute Gasteiger partial charge is 0.486 e. The van der Waals surface area contributed by atoms with Gasteiger partial charge in [0.15, 0.2) is 8.32 Å². The molecule has 2 N–H and O–H groups in total. The van der Waals surface area contributed by atoms with Crippen LogP contribution in [0.2, 0.25) is 18.1 Å². The number of hydrogen-bond acceptors (Lipinski definition) is 7. The number of carbonyl (C=O) groups is 2. The van der Waals surface area contributed by atoms with Gasteiger partial charge in [-0.15, -0.1) is 0 Å². The van der Waals surface area contributed by atoms with Crippen LogP contribution in [0.5, 0.6) is 5.75 Å². The summed E-state index contributed by atoms with van der Waals surface area (Å²) in [7, 11) is -7.27. The van der Waals surface area contributed by atoms with Crippen LogP contribution in [-0.2, 0) is 30.2 Å². The molecule has 2 atom stereocenters. The Labute approximate surface area is 281 Å². The van der Waals surface area contributed by atoms with Crippen LogP contribution in [0, 0.1) is 5.41 Å². The van der Waals surface area contributed by atoms with Crippen molar-refractivity contribution in [3.63, 3.8) is 0 Å². The third kappa shape index (κ3) is 8.99. The van der Waals surface area contributed by atoms with E-state index in [4.69, 9.17) is 9.16 Å². The maximum absolute atomic E-state index is 14.0. The van der Waals surface area contributed by atoms with Crippen LogP contribution in [0.15, 0.2) is 47.4 Å². The van der Waals surface area contributed by atoms with Crippen molar-refractivity contribution >= 4 is 41.8 Å². The van der Waals surface area contributed by atoms with Crippen LogP contribution >= 0.6 is 0 Å². The van der Waals surface area contributed by atoms with Gasteiger partial charge in [0.1, 0.15) is 11.9 Å². The van der Waals surface area contributed by atoms with Crippen molar-refractivity contribution in [2.75, 3.05) is 22.8 Å². The van der Waals surface area contributed by atoms with Gasteiger partial charge < -0.3 is 19.0 Å². The number of carboxylic acids is 1. The number of sulfonamides is 1. The zero-order valence-corrected chi connectivity index (χ0v) is 30.0. The van der Waals surface area contributed by atoms with Gasteiger partial charge in [0.05, 0.1) is 28.1 Å². The summed E-state index contributed by atoms with van der Waals surface area (Å²) in [5, 5.41) is 12.1. The van der Waals surface area contributed by atoms with Crippen molar-refractivity contribution in [2.45, 2.75) is 95.0 Å². The molecule has 0 bridgehead atoms. The Morgan fingerprint density at radius 3 is 2.14 bits per heavy atom. The smallest absolute Gasteiger partial charge is 0.427 e. The molecule has 2 unspecified atom stereocenters. The zero-order chi connectivity index (χ0) is 37.6. The van der Waals surface area contributed by atoms with Crippen LogP contribution in [0.25, 0.3) is 0 Å². The van der Waals surface area contributed by atoms with Gasteiger partial charge in [-0.25, -0.2) is 13.2 Å². The Hall–Kier alpha value is -3.51. The maximum atomic E-state index is 14.0.